The average molecular weight is 208 g/mol. The lowest BCUT2D eigenvalue weighted by Gasteiger charge is -2.15. The molecule has 0 saturated heterocycles. The van der Waals surface area contributed by atoms with Crippen LogP contribution >= 0.6 is 0 Å². The summed E-state index contributed by atoms with van der Waals surface area (Å²) < 4.78 is 11.0. The van der Waals surface area contributed by atoms with Crippen molar-refractivity contribution in [3.63, 3.8) is 0 Å². The number of phenols is 1. The van der Waals surface area contributed by atoms with Gasteiger partial charge in [-0.3, -0.25) is 0 Å². The molecular formula is C12H16O3. The van der Waals surface area contributed by atoms with E-state index in [1.165, 1.54) is 12.8 Å². The minimum absolute atomic E-state index is 0.200. The Morgan fingerprint density at radius 2 is 1.93 bits per heavy atom. The zero-order chi connectivity index (χ0) is 10.7. The molecule has 3 nitrogen and oxygen atoms in total. The number of hydrogen-bond donors (Lipinski definition) is 1. The highest BCUT2D eigenvalue weighted by Crippen LogP contribution is 2.33. The van der Waals surface area contributed by atoms with E-state index >= 15 is 0 Å². The third-order valence-corrected chi connectivity index (χ3v) is 2.74. The fourth-order valence-electron chi connectivity index (χ4n) is 1.94. The van der Waals surface area contributed by atoms with Gasteiger partial charge in [-0.05, 0) is 37.8 Å². The Balaban J connectivity index is 2.12. The molecule has 0 atom stereocenters. The van der Waals surface area contributed by atoms with Crippen LogP contribution in [0.15, 0.2) is 18.2 Å². The molecule has 3 heteroatoms. The summed E-state index contributed by atoms with van der Waals surface area (Å²) in [4.78, 5) is 0. The molecule has 1 fully saturated rings. The lowest BCUT2D eigenvalue weighted by Crippen LogP contribution is -2.11. The first-order chi connectivity index (χ1) is 7.29. The highest BCUT2D eigenvalue weighted by Gasteiger charge is 2.18. The summed E-state index contributed by atoms with van der Waals surface area (Å²) in [5.74, 6) is 1.52. The first kappa shape index (κ1) is 10.1. The predicted molar refractivity (Wildman–Crippen MR) is 57.5 cm³/mol. The van der Waals surface area contributed by atoms with E-state index in [4.69, 9.17) is 9.47 Å². The molecule has 1 aromatic carbocycles. The van der Waals surface area contributed by atoms with Gasteiger partial charge in [-0.1, -0.05) is 0 Å². The highest BCUT2D eigenvalue weighted by molar-refractivity contribution is 5.45. The second-order valence-corrected chi connectivity index (χ2v) is 3.86. The molecule has 1 aromatic rings. The fourth-order valence-corrected chi connectivity index (χ4v) is 1.94. The second-order valence-electron chi connectivity index (χ2n) is 3.86. The van der Waals surface area contributed by atoms with Gasteiger partial charge in [0.15, 0.2) is 11.5 Å². The third-order valence-electron chi connectivity index (χ3n) is 2.74. The van der Waals surface area contributed by atoms with E-state index in [9.17, 15) is 5.11 Å². The van der Waals surface area contributed by atoms with Crippen LogP contribution in [-0.2, 0) is 0 Å². The molecule has 0 heterocycles. The van der Waals surface area contributed by atoms with Crippen LogP contribution in [0.4, 0.5) is 0 Å². The van der Waals surface area contributed by atoms with Crippen molar-refractivity contribution >= 4 is 0 Å². The first-order valence-corrected chi connectivity index (χ1v) is 5.33. The van der Waals surface area contributed by atoms with Crippen LogP contribution < -0.4 is 9.47 Å². The van der Waals surface area contributed by atoms with Gasteiger partial charge in [-0.2, -0.15) is 0 Å². The molecule has 0 bridgehead atoms. The van der Waals surface area contributed by atoms with Gasteiger partial charge in [0.25, 0.3) is 0 Å². The Labute approximate surface area is 89.6 Å². The van der Waals surface area contributed by atoms with Crippen molar-refractivity contribution in [1.29, 1.82) is 0 Å². The van der Waals surface area contributed by atoms with Crippen LogP contribution in [0.2, 0.25) is 0 Å². The van der Waals surface area contributed by atoms with Crippen LogP contribution in [0.1, 0.15) is 25.7 Å². The topological polar surface area (TPSA) is 38.7 Å². The summed E-state index contributed by atoms with van der Waals surface area (Å²) in [5.41, 5.74) is 0. The van der Waals surface area contributed by atoms with Crippen LogP contribution in [0.5, 0.6) is 17.2 Å². The van der Waals surface area contributed by atoms with Crippen LogP contribution in [0.3, 0.4) is 0 Å². The summed E-state index contributed by atoms with van der Waals surface area (Å²) in [7, 11) is 1.58. The largest absolute Gasteiger partial charge is 0.508 e. The Morgan fingerprint density at radius 1 is 1.20 bits per heavy atom. The number of ether oxygens (including phenoxy) is 2. The van der Waals surface area contributed by atoms with Gasteiger partial charge < -0.3 is 14.6 Å². The predicted octanol–water partition coefficient (Wildman–Crippen LogP) is 2.72. The average Bonchev–Trinajstić information content (AvgIpc) is 2.73. The molecule has 2 rings (SSSR count). The van der Waals surface area contributed by atoms with Gasteiger partial charge in [0.2, 0.25) is 0 Å². The summed E-state index contributed by atoms with van der Waals surface area (Å²) in [5, 5.41) is 9.29. The van der Waals surface area contributed by atoms with Crippen molar-refractivity contribution < 1.29 is 14.6 Å². The standard InChI is InChI=1S/C12H16O3/c1-14-12-8-9(13)6-7-11(12)15-10-4-2-3-5-10/h6-8,10,13H,2-5H2,1H3. The lowest BCUT2D eigenvalue weighted by atomic mass is 10.2. The molecule has 0 aromatic heterocycles. The maximum Gasteiger partial charge on any atom is 0.164 e. The SMILES string of the molecule is COc1cc(O)ccc1OC1CCCC1. The van der Waals surface area contributed by atoms with E-state index in [0.717, 1.165) is 18.6 Å². The van der Waals surface area contributed by atoms with Crippen molar-refractivity contribution in [3.05, 3.63) is 18.2 Å². The van der Waals surface area contributed by atoms with E-state index < -0.39 is 0 Å². The number of methoxy groups -OCH3 is 1. The van der Waals surface area contributed by atoms with Crippen molar-refractivity contribution in [3.8, 4) is 17.2 Å². The Hall–Kier alpha value is -1.38. The van der Waals surface area contributed by atoms with Crippen molar-refractivity contribution in [2.45, 2.75) is 31.8 Å². The number of phenolic OH excluding ortho intramolecular Hbond substituents is 1. The summed E-state index contributed by atoms with van der Waals surface area (Å²) in [6.07, 6.45) is 5.02. The van der Waals surface area contributed by atoms with Crippen molar-refractivity contribution in [2.75, 3.05) is 7.11 Å². The van der Waals surface area contributed by atoms with Crippen LogP contribution in [0, 0.1) is 0 Å². The molecule has 1 aliphatic carbocycles. The number of rotatable bonds is 3. The summed E-state index contributed by atoms with van der Waals surface area (Å²) in [6.45, 7) is 0. The minimum atomic E-state index is 0.200. The molecule has 1 saturated carbocycles. The molecule has 82 valence electrons. The third kappa shape index (κ3) is 2.35. The van der Waals surface area contributed by atoms with Gasteiger partial charge in [0, 0.05) is 6.07 Å². The second kappa shape index (κ2) is 4.43. The van der Waals surface area contributed by atoms with Gasteiger partial charge in [-0.15, -0.1) is 0 Å². The maximum absolute atomic E-state index is 9.29. The molecule has 1 aliphatic rings. The lowest BCUT2D eigenvalue weighted by molar-refractivity contribution is 0.200. The van der Waals surface area contributed by atoms with Gasteiger partial charge >= 0.3 is 0 Å². The zero-order valence-electron chi connectivity index (χ0n) is 8.90. The van der Waals surface area contributed by atoms with E-state index in [0.29, 0.717) is 11.9 Å². The Morgan fingerprint density at radius 3 is 2.60 bits per heavy atom. The van der Waals surface area contributed by atoms with Gasteiger partial charge in [-0.25, -0.2) is 0 Å². The van der Waals surface area contributed by atoms with Crippen LogP contribution in [-0.4, -0.2) is 18.3 Å². The quantitative estimate of drug-likeness (QED) is 0.830. The molecule has 1 N–H and O–H groups in total. The van der Waals surface area contributed by atoms with Crippen molar-refractivity contribution in [2.24, 2.45) is 0 Å². The molecule has 15 heavy (non-hydrogen) atoms. The normalized spacial score (nSPS) is 16.6. The molecule has 0 aliphatic heterocycles. The minimum Gasteiger partial charge on any atom is -0.508 e. The molecule has 0 radical (unpaired) electrons. The van der Waals surface area contributed by atoms with E-state index in [2.05, 4.69) is 0 Å². The molecular weight excluding hydrogens is 192 g/mol. The van der Waals surface area contributed by atoms with E-state index in [1.807, 2.05) is 0 Å². The first-order valence-electron chi connectivity index (χ1n) is 5.33. The molecule has 0 amide bonds. The Kier molecular flexibility index (Phi) is 2.99. The number of hydrogen-bond acceptors (Lipinski definition) is 3. The molecule has 0 spiro atoms. The maximum atomic E-state index is 9.29. The van der Waals surface area contributed by atoms with Crippen LogP contribution in [0.25, 0.3) is 0 Å². The van der Waals surface area contributed by atoms with Crippen molar-refractivity contribution in [1.82, 2.24) is 0 Å². The summed E-state index contributed by atoms with van der Waals surface area (Å²) >= 11 is 0. The Bertz CT molecular complexity index is 330. The summed E-state index contributed by atoms with van der Waals surface area (Å²) in [6, 6.07) is 4.95. The van der Waals surface area contributed by atoms with Gasteiger partial charge in [0.05, 0.1) is 13.2 Å². The van der Waals surface area contributed by atoms with Gasteiger partial charge in [0.1, 0.15) is 5.75 Å². The number of aromatic hydroxyl groups is 1. The zero-order valence-corrected chi connectivity index (χ0v) is 8.90. The monoisotopic (exact) mass is 208 g/mol. The van der Waals surface area contributed by atoms with E-state index in [-0.39, 0.29) is 5.75 Å². The fraction of sp³-hybridized carbons (Fsp3) is 0.500. The molecule has 0 unspecified atom stereocenters. The highest BCUT2D eigenvalue weighted by atomic mass is 16.5. The smallest absolute Gasteiger partial charge is 0.164 e. The number of benzene rings is 1. The van der Waals surface area contributed by atoms with E-state index in [1.54, 1.807) is 25.3 Å².